The highest BCUT2D eigenvalue weighted by molar-refractivity contribution is 7.98. The average molecular weight is 539 g/mol. The molecule has 0 aliphatic heterocycles. The van der Waals surface area contributed by atoms with Gasteiger partial charge >= 0.3 is 0 Å². The lowest BCUT2D eigenvalue weighted by Crippen LogP contribution is -2.29. The van der Waals surface area contributed by atoms with Crippen molar-refractivity contribution in [3.8, 4) is 0 Å². The van der Waals surface area contributed by atoms with Gasteiger partial charge in [0.2, 0.25) is 0 Å². The van der Waals surface area contributed by atoms with Gasteiger partial charge in [-0.05, 0) is 66.9 Å². The molecule has 5 aromatic rings. The summed E-state index contributed by atoms with van der Waals surface area (Å²) in [5.74, 6) is 2.15. The van der Waals surface area contributed by atoms with E-state index in [0.29, 0.717) is 16.7 Å². The normalized spacial score (nSPS) is 12.3. The van der Waals surface area contributed by atoms with E-state index in [1.807, 2.05) is 18.2 Å². The molecular weight excluding hydrogens is 507 g/mol. The third-order valence-electron chi connectivity index (χ3n) is 6.88. The Kier molecular flexibility index (Phi) is 8.20. The number of benzene rings is 5. The minimum absolute atomic E-state index is 0.170. The Morgan fingerprint density at radius 2 is 0.925 bits per heavy atom. The van der Waals surface area contributed by atoms with Crippen LogP contribution in [0.3, 0.4) is 0 Å². The molecule has 5 aromatic carbocycles. The van der Waals surface area contributed by atoms with Gasteiger partial charge in [0, 0.05) is 11.1 Å². The highest BCUT2D eigenvalue weighted by Gasteiger charge is 2.43. The molecule has 0 aromatic heterocycles. The summed E-state index contributed by atoms with van der Waals surface area (Å²) >= 11 is 0. The smallest absolute Gasteiger partial charge is 0.193 e. The van der Waals surface area contributed by atoms with Gasteiger partial charge in [-0.2, -0.15) is 0 Å². The number of hydrogen-bond acceptors (Lipinski definition) is 2. The molecule has 1 aliphatic rings. The van der Waals surface area contributed by atoms with Crippen LogP contribution in [-0.2, 0) is 0 Å². The number of rotatable bonds is 5. The number of ketones is 1. The van der Waals surface area contributed by atoms with Crippen LogP contribution >= 0.6 is 7.26 Å². The minimum Gasteiger partial charge on any atom is -0.872 e. The summed E-state index contributed by atoms with van der Waals surface area (Å²) in [6.45, 7) is 4.40. The van der Waals surface area contributed by atoms with E-state index in [2.05, 4.69) is 111 Å². The molecule has 0 heterocycles. The summed E-state index contributed by atoms with van der Waals surface area (Å²) in [5, 5.41) is 16.4. The maximum absolute atomic E-state index is 12.1. The fourth-order valence-electron chi connectivity index (χ4n) is 5.17. The van der Waals surface area contributed by atoms with E-state index < -0.39 is 7.26 Å². The van der Waals surface area contributed by atoms with Crippen LogP contribution in [0.1, 0.15) is 35.3 Å². The van der Waals surface area contributed by atoms with Crippen LogP contribution in [0.4, 0.5) is 0 Å². The van der Waals surface area contributed by atoms with E-state index in [4.69, 9.17) is 0 Å². The molecule has 0 bridgehead atoms. The highest BCUT2D eigenvalue weighted by Crippen LogP contribution is 2.57. The molecule has 0 saturated heterocycles. The molecule has 2 nitrogen and oxygen atoms in total. The fraction of sp³-hybridized carbons (Fsp3) is 0.0541. The van der Waals surface area contributed by atoms with E-state index >= 15 is 0 Å². The summed E-state index contributed by atoms with van der Waals surface area (Å²) in [5.41, 5.74) is 3.35. The quantitative estimate of drug-likeness (QED) is 0.226. The Labute approximate surface area is 237 Å². The second-order valence-corrected chi connectivity index (χ2v) is 13.1. The van der Waals surface area contributed by atoms with Gasteiger partial charge in [0.15, 0.2) is 5.78 Å². The summed E-state index contributed by atoms with van der Waals surface area (Å²) in [6.07, 6.45) is 0. The van der Waals surface area contributed by atoms with Gasteiger partial charge in [-0.25, -0.2) is 0 Å². The summed E-state index contributed by atoms with van der Waals surface area (Å²) in [6, 6.07) is 48.8. The van der Waals surface area contributed by atoms with E-state index in [9.17, 15) is 9.90 Å². The Bertz CT molecular complexity index is 1550. The Morgan fingerprint density at radius 3 is 1.32 bits per heavy atom. The Hall–Kier alpha value is -4.52. The van der Waals surface area contributed by atoms with Crippen molar-refractivity contribution < 1.29 is 9.90 Å². The van der Waals surface area contributed by atoms with Gasteiger partial charge in [-0.1, -0.05) is 115 Å². The molecule has 0 fully saturated rings. The van der Waals surface area contributed by atoms with Crippen molar-refractivity contribution in [3.05, 3.63) is 174 Å². The zero-order valence-corrected chi connectivity index (χ0v) is 23.6. The standard InChI is InChI=1S/C22H22P.C15H10O2/c1-19(2)18-23(20-12-6-3-7-13-20,21-14-8-4-9-15-21)22-16-10-5-11-17-22;16-14-11-8-4-5-9-12(11)15(17)13(14)10-6-2-1-3-7-10/h3-18H,1-2H3;1-9,16H/q+1;/p-1. The molecule has 40 heavy (non-hydrogen) atoms. The minimum atomic E-state index is -1.77. The molecule has 0 spiro atoms. The lowest BCUT2D eigenvalue weighted by atomic mass is 10.0. The van der Waals surface area contributed by atoms with Crippen molar-refractivity contribution in [1.29, 1.82) is 0 Å². The van der Waals surface area contributed by atoms with E-state index in [1.165, 1.54) is 21.5 Å². The van der Waals surface area contributed by atoms with Crippen LogP contribution < -0.4 is 21.0 Å². The molecular formula is C37H31O2P. The summed E-state index contributed by atoms with van der Waals surface area (Å²) in [7, 11) is -1.77. The topological polar surface area (TPSA) is 40.1 Å². The van der Waals surface area contributed by atoms with Crippen LogP contribution in [0.2, 0.25) is 0 Å². The summed E-state index contributed by atoms with van der Waals surface area (Å²) < 4.78 is 0. The number of carbonyl (C=O) groups is 1. The van der Waals surface area contributed by atoms with Crippen LogP contribution in [0.5, 0.6) is 0 Å². The van der Waals surface area contributed by atoms with Crippen molar-refractivity contribution in [1.82, 2.24) is 0 Å². The third-order valence-corrected chi connectivity index (χ3v) is 11.1. The summed E-state index contributed by atoms with van der Waals surface area (Å²) in [4.78, 5) is 12.1. The molecule has 0 N–H and O–H groups in total. The van der Waals surface area contributed by atoms with Crippen molar-refractivity contribution in [2.45, 2.75) is 13.8 Å². The molecule has 0 saturated carbocycles. The van der Waals surface area contributed by atoms with Crippen LogP contribution in [-0.4, -0.2) is 5.78 Å². The van der Waals surface area contributed by atoms with Gasteiger partial charge in [0.1, 0.15) is 23.2 Å². The van der Waals surface area contributed by atoms with Gasteiger partial charge in [-0.3, -0.25) is 4.79 Å². The first-order chi connectivity index (χ1) is 19.5. The predicted octanol–water partition coefficient (Wildman–Crippen LogP) is 7.02. The molecule has 6 rings (SSSR count). The maximum atomic E-state index is 12.1. The van der Waals surface area contributed by atoms with Gasteiger partial charge < -0.3 is 5.11 Å². The lowest BCUT2D eigenvalue weighted by Gasteiger charge is -2.24. The predicted molar refractivity (Wildman–Crippen MR) is 169 cm³/mol. The molecule has 0 unspecified atom stereocenters. The Morgan fingerprint density at radius 1 is 0.550 bits per heavy atom. The molecule has 1 aliphatic carbocycles. The first kappa shape index (κ1) is 27.1. The van der Waals surface area contributed by atoms with E-state index in [1.54, 1.807) is 36.4 Å². The SMILES string of the molecule is CC(C)=C[P+](c1ccccc1)(c1ccccc1)c1ccccc1.O=C1C(c2ccccc2)=C([O-])c2ccccc21. The largest absolute Gasteiger partial charge is 0.872 e. The van der Waals surface area contributed by atoms with Crippen LogP contribution in [0.25, 0.3) is 11.3 Å². The number of allylic oxidation sites excluding steroid dienone is 2. The van der Waals surface area contributed by atoms with E-state index in [0.717, 1.165) is 0 Å². The number of hydrogen-bond donors (Lipinski definition) is 0. The van der Waals surface area contributed by atoms with E-state index in [-0.39, 0.29) is 17.1 Å². The van der Waals surface area contributed by atoms with Gasteiger partial charge in [0.05, 0.1) is 5.82 Å². The Balaban J connectivity index is 0.000000168. The van der Waals surface area contributed by atoms with Crippen molar-refractivity contribution in [2.24, 2.45) is 0 Å². The number of fused-ring (bicyclic) bond motifs is 1. The second kappa shape index (κ2) is 12.1. The molecule has 0 atom stereocenters. The number of Topliss-reactive ketones (excluding diaryl/α,β-unsaturated/α-hetero) is 1. The van der Waals surface area contributed by atoms with Crippen LogP contribution in [0, 0.1) is 0 Å². The zero-order valence-electron chi connectivity index (χ0n) is 22.7. The van der Waals surface area contributed by atoms with Crippen molar-refractivity contribution in [2.75, 3.05) is 0 Å². The highest BCUT2D eigenvalue weighted by atomic mass is 31.2. The van der Waals surface area contributed by atoms with Crippen LogP contribution in [0.15, 0.2) is 157 Å². The third kappa shape index (κ3) is 5.32. The second-order valence-electron chi connectivity index (χ2n) is 9.88. The number of carbonyl (C=O) groups excluding carboxylic acids is 1. The van der Waals surface area contributed by atoms with Gasteiger partial charge in [0.25, 0.3) is 0 Å². The zero-order chi connectivity index (χ0) is 28.0. The molecule has 0 amide bonds. The van der Waals surface area contributed by atoms with Crippen molar-refractivity contribution in [3.63, 3.8) is 0 Å². The maximum Gasteiger partial charge on any atom is 0.193 e. The molecule has 196 valence electrons. The average Bonchev–Trinajstić information content (AvgIpc) is 3.27. The first-order valence-electron chi connectivity index (χ1n) is 13.3. The monoisotopic (exact) mass is 538 g/mol. The van der Waals surface area contributed by atoms with Crippen molar-refractivity contribution >= 4 is 40.3 Å². The lowest BCUT2D eigenvalue weighted by molar-refractivity contribution is -0.242. The molecule has 3 heteroatoms. The fourth-order valence-corrected chi connectivity index (χ4v) is 9.21. The first-order valence-corrected chi connectivity index (χ1v) is 15.2. The van der Waals surface area contributed by atoms with Gasteiger partial charge in [-0.15, -0.1) is 0 Å². The molecule has 0 radical (unpaired) electrons.